The van der Waals surface area contributed by atoms with Gasteiger partial charge in [0, 0.05) is 6.54 Å². The van der Waals surface area contributed by atoms with Crippen LogP contribution in [-0.2, 0) is 4.74 Å². The van der Waals surface area contributed by atoms with E-state index in [9.17, 15) is 4.79 Å². The average molecular weight is 275 g/mol. The van der Waals surface area contributed by atoms with Gasteiger partial charge in [0.2, 0.25) is 0 Å². The van der Waals surface area contributed by atoms with Crippen molar-refractivity contribution in [2.75, 3.05) is 24.7 Å². The minimum atomic E-state index is -0.422. The van der Waals surface area contributed by atoms with Crippen LogP contribution in [0.25, 0.3) is 0 Å². The van der Waals surface area contributed by atoms with Gasteiger partial charge < -0.3 is 15.8 Å². The van der Waals surface area contributed by atoms with Crippen molar-refractivity contribution >= 4 is 17.5 Å². The number of pyridine rings is 1. The Balaban J connectivity index is 1.66. The Morgan fingerprint density at radius 3 is 2.65 bits per heavy atom. The van der Waals surface area contributed by atoms with Gasteiger partial charge in [-0.3, -0.25) is 0 Å². The van der Waals surface area contributed by atoms with E-state index in [-0.39, 0.29) is 0 Å². The lowest BCUT2D eigenvalue weighted by atomic mass is 9.98. The van der Waals surface area contributed by atoms with Crippen LogP contribution < -0.4 is 11.1 Å². The third kappa shape index (κ3) is 2.86. The average Bonchev–Trinajstić information content (AvgIpc) is 3.33. The molecule has 2 fully saturated rings. The number of nitrogen functional groups attached to an aromatic ring is 1. The van der Waals surface area contributed by atoms with Crippen LogP contribution in [-0.4, -0.2) is 24.6 Å². The quantitative estimate of drug-likeness (QED) is 0.779. The Hall–Kier alpha value is -1.78. The van der Waals surface area contributed by atoms with Gasteiger partial charge in [-0.05, 0) is 49.5 Å². The number of carbonyl (C=O) groups is 1. The summed E-state index contributed by atoms with van der Waals surface area (Å²) in [6.07, 6.45) is 6.98. The molecule has 3 N–H and O–H groups in total. The Kier molecular flexibility index (Phi) is 3.51. The molecule has 0 spiro atoms. The van der Waals surface area contributed by atoms with Crippen molar-refractivity contribution in [3.63, 3.8) is 0 Å². The fourth-order valence-electron chi connectivity index (χ4n) is 2.84. The zero-order chi connectivity index (χ0) is 14.1. The number of esters is 1. The molecule has 0 radical (unpaired) electrons. The number of hydrogen-bond acceptors (Lipinski definition) is 5. The second-order valence-corrected chi connectivity index (χ2v) is 5.87. The van der Waals surface area contributed by atoms with Gasteiger partial charge in [-0.15, -0.1) is 0 Å². The van der Waals surface area contributed by atoms with Crippen molar-refractivity contribution in [2.45, 2.75) is 25.7 Å². The van der Waals surface area contributed by atoms with E-state index >= 15 is 0 Å². The molecule has 2 aliphatic carbocycles. The molecule has 0 aromatic carbocycles. The van der Waals surface area contributed by atoms with Crippen molar-refractivity contribution in [3.05, 3.63) is 17.8 Å². The number of ether oxygens (including phenoxy) is 1. The highest BCUT2D eigenvalue weighted by Gasteiger charge is 2.41. The molecule has 1 aromatic heterocycles. The zero-order valence-electron chi connectivity index (χ0n) is 11.8. The molecule has 2 aliphatic rings. The van der Waals surface area contributed by atoms with Crippen LogP contribution in [0.5, 0.6) is 0 Å². The molecule has 3 rings (SSSR count). The lowest BCUT2D eigenvalue weighted by molar-refractivity contribution is 0.0602. The van der Waals surface area contributed by atoms with Crippen LogP contribution in [0.3, 0.4) is 0 Å². The van der Waals surface area contributed by atoms with Crippen LogP contribution in [0.1, 0.15) is 36.0 Å². The van der Waals surface area contributed by atoms with Gasteiger partial charge >= 0.3 is 5.97 Å². The molecule has 0 atom stereocenters. The van der Waals surface area contributed by atoms with Gasteiger partial charge in [-0.25, -0.2) is 9.78 Å². The molecule has 5 nitrogen and oxygen atoms in total. The number of hydrogen-bond donors (Lipinski definition) is 2. The van der Waals surface area contributed by atoms with E-state index in [2.05, 4.69) is 10.3 Å². The highest BCUT2D eigenvalue weighted by atomic mass is 16.5. The van der Waals surface area contributed by atoms with Crippen LogP contribution in [0.4, 0.5) is 11.5 Å². The predicted octanol–water partition coefficient (Wildman–Crippen LogP) is 2.30. The molecular formula is C15H21N3O2. The highest BCUT2D eigenvalue weighted by Crippen LogP contribution is 2.49. The van der Waals surface area contributed by atoms with Gasteiger partial charge in [-0.1, -0.05) is 0 Å². The van der Waals surface area contributed by atoms with E-state index in [1.54, 1.807) is 6.07 Å². The summed E-state index contributed by atoms with van der Waals surface area (Å²) in [4.78, 5) is 15.8. The summed E-state index contributed by atoms with van der Waals surface area (Å²) in [6, 6.07) is 1.68. The van der Waals surface area contributed by atoms with Gasteiger partial charge in [0.15, 0.2) is 0 Å². The first-order valence-corrected chi connectivity index (χ1v) is 7.26. The number of nitrogens with two attached hydrogens (primary N) is 1. The molecule has 2 saturated carbocycles. The fourth-order valence-corrected chi connectivity index (χ4v) is 2.84. The summed E-state index contributed by atoms with van der Waals surface area (Å²) in [5, 5.41) is 3.36. The number of nitrogens with zero attached hydrogens (tertiary/aromatic N) is 1. The summed E-state index contributed by atoms with van der Waals surface area (Å²) in [6.45, 7) is 0.937. The third-order valence-corrected chi connectivity index (χ3v) is 4.31. The third-order valence-electron chi connectivity index (χ3n) is 4.31. The van der Waals surface area contributed by atoms with Gasteiger partial charge in [-0.2, -0.15) is 0 Å². The van der Waals surface area contributed by atoms with Crippen molar-refractivity contribution < 1.29 is 9.53 Å². The van der Waals surface area contributed by atoms with Crippen LogP contribution in [0.15, 0.2) is 12.3 Å². The largest absolute Gasteiger partial charge is 0.465 e. The standard InChI is InChI=1S/C15H21N3O2/c1-20-15(19)11-6-14(18-8-13(11)16)17-7-12(9-2-3-9)10-4-5-10/h6,8-10,12H,2-5,7,16H2,1H3,(H,17,18). The number of methoxy groups -OCH3 is 1. The Labute approximate surface area is 118 Å². The summed E-state index contributed by atoms with van der Waals surface area (Å²) in [5.41, 5.74) is 6.47. The van der Waals surface area contributed by atoms with E-state index in [1.807, 2.05) is 0 Å². The van der Waals surface area contributed by atoms with E-state index in [4.69, 9.17) is 10.5 Å². The molecule has 0 saturated heterocycles. The molecule has 1 heterocycles. The van der Waals surface area contributed by atoms with E-state index < -0.39 is 5.97 Å². The maximum Gasteiger partial charge on any atom is 0.340 e. The first kappa shape index (κ1) is 13.2. The van der Waals surface area contributed by atoms with Crippen molar-refractivity contribution in [3.8, 4) is 0 Å². The fraction of sp³-hybridized carbons (Fsp3) is 0.600. The Morgan fingerprint density at radius 2 is 2.10 bits per heavy atom. The first-order valence-electron chi connectivity index (χ1n) is 7.26. The van der Waals surface area contributed by atoms with Crippen LogP contribution in [0, 0.1) is 17.8 Å². The smallest absolute Gasteiger partial charge is 0.340 e. The normalized spacial score (nSPS) is 18.1. The SMILES string of the molecule is COC(=O)c1cc(NCC(C2CC2)C2CC2)ncc1N. The molecule has 20 heavy (non-hydrogen) atoms. The number of carbonyl (C=O) groups excluding carboxylic acids is 1. The second kappa shape index (κ2) is 5.31. The maximum absolute atomic E-state index is 11.6. The number of aromatic nitrogens is 1. The Bertz CT molecular complexity index is 498. The Morgan fingerprint density at radius 1 is 1.45 bits per heavy atom. The molecule has 108 valence electrons. The molecule has 0 amide bonds. The summed E-state index contributed by atoms with van der Waals surface area (Å²) < 4.78 is 4.72. The van der Waals surface area contributed by atoms with Crippen LogP contribution >= 0.6 is 0 Å². The minimum Gasteiger partial charge on any atom is -0.465 e. The minimum absolute atomic E-state index is 0.350. The summed E-state index contributed by atoms with van der Waals surface area (Å²) >= 11 is 0. The molecule has 1 aromatic rings. The van der Waals surface area contributed by atoms with Crippen LogP contribution in [0.2, 0.25) is 0 Å². The van der Waals surface area contributed by atoms with Gasteiger partial charge in [0.1, 0.15) is 5.82 Å². The van der Waals surface area contributed by atoms with Crippen molar-refractivity contribution in [2.24, 2.45) is 17.8 Å². The topological polar surface area (TPSA) is 77.2 Å². The molecule has 0 aliphatic heterocycles. The van der Waals surface area contributed by atoms with Gasteiger partial charge in [0.25, 0.3) is 0 Å². The summed E-state index contributed by atoms with van der Waals surface area (Å²) in [5.74, 6) is 2.82. The first-order chi connectivity index (χ1) is 9.69. The molecular weight excluding hydrogens is 254 g/mol. The molecule has 0 bridgehead atoms. The predicted molar refractivity (Wildman–Crippen MR) is 77.4 cm³/mol. The maximum atomic E-state index is 11.6. The number of anilines is 2. The lowest BCUT2D eigenvalue weighted by Gasteiger charge is -2.17. The lowest BCUT2D eigenvalue weighted by Crippen LogP contribution is -2.19. The van der Waals surface area contributed by atoms with E-state index in [0.717, 1.165) is 24.3 Å². The highest BCUT2D eigenvalue weighted by molar-refractivity contribution is 5.95. The molecule has 5 heteroatoms. The zero-order valence-corrected chi connectivity index (χ0v) is 11.8. The molecule has 0 unspecified atom stereocenters. The summed E-state index contributed by atoms with van der Waals surface area (Å²) in [7, 11) is 1.35. The number of rotatable bonds is 6. The van der Waals surface area contributed by atoms with Crippen molar-refractivity contribution in [1.29, 1.82) is 0 Å². The van der Waals surface area contributed by atoms with Gasteiger partial charge in [0.05, 0.1) is 24.6 Å². The van der Waals surface area contributed by atoms with E-state index in [1.165, 1.54) is 39.0 Å². The van der Waals surface area contributed by atoms with E-state index in [0.29, 0.717) is 17.1 Å². The second-order valence-electron chi connectivity index (χ2n) is 5.87. The van der Waals surface area contributed by atoms with Crippen molar-refractivity contribution in [1.82, 2.24) is 4.98 Å². The monoisotopic (exact) mass is 275 g/mol. The number of nitrogens with one attached hydrogen (secondary N) is 1.